The van der Waals surface area contributed by atoms with Crippen LogP contribution in [0.25, 0.3) is 6.08 Å². The standard InChI is InChI=1S/C28H33NO6/c1-16(30)35-25-21(27(2,3)4)14-22-20(24(25)28(5,6)7)13-18(15-34-22)26(33)29-19-10-8-17(9-11-19)12-23(31)32/h8-11,13-14H,12,15H2,1-7H3,(H,29,33)(H,31,32). The first-order valence-corrected chi connectivity index (χ1v) is 11.5. The fourth-order valence-electron chi connectivity index (χ4n) is 4.06. The molecule has 2 N–H and O–H groups in total. The van der Waals surface area contributed by atoms with E-state index >= 15 is 0 Å². The van der Waals surface area contributed by atoms with Crippen molar-refractivity contribution in [3.05, 3.63) is 58.2 Å². The summed E-state index contributed by atoms with van der Waals surface area (Å²) in [4.78, 5) is 36.0. The van der Waals surface area contributed by atoms with Gasteiger partial charge in [0.1, 0.15) is 18.1 Å². The topological polar surface area (TPSA) is 102 Å². The van der Waals surface area contributed by atoms with Crippen molar-refractivity contribution in [1.29, 1.82) is 0 Å². The van der Waals surface area contributed by atoms with E-state index in [1.54, 1.807) is 30.3 Å². The molecule has 0 radical (unpaired) electrons. The van der Waals surface area contributed by atoms with E-state index in [0.717, 1.165) is 16.7 Å². The van der Waals surface area contributed by atoms with Gasteiger partial charge in [0.2, 0.25) is 0 Å². The van der Waals surface area contributed by atoms with Crippen LogP contribution in [0.2, 0.25) is 0 Å². The first-order valence-electron chi connectivity index (χ1n) is 11.5. The number of ether oxygens (including phenoxy) is 2. The van der Waals surface area contributed by atoms with Crippen LogP contribution in [0.4, 0.5) is 5.69 Å². The Labute approximate surface area is 206 Å². The number of carboxylic acids is 1. The molecular formula is C28H33NO6. The molecule has 1 aliphatic rings. The van der Waals surface area contributed by atoms with Gasteiger partial charge in [-0.05, 0) is 40.7 Å². The third-order valence-corrected chi connectivity index (χ3v) is 5.65. The van der Waals surface area contributed by atoms with Crippen molar-refractivity contribution in [2.24, 2.45) is 0 Å². The van der Waals surface area contributed by atoms with Gasteiger partial charge in [-0.2, -0.15) is 0 Å². The molecule has 0 fully saturated rings. The van der Waals surface area contributed by atoms with Gasteiger partial charge in [-0.1, -0.05) is 53.7 Å². The van der Waals surface area contributed by atoms with Crippen molar-refractivity contribution in [2.75, 3.05) is 11.9 Å². The zero-order valence-corrected chi connectivity index (χ0v) is 21.4. The molecule has 3 rings (SSSR count). The molecule has 0 aromatic heterocycles. The summed E-state index contributed by atoms with van der Waals surface area (Å²) in [6.07, 6.45) is 1.72. The summed E-state index contributed by atoms with van der Waals surface area (Å²) in [6.45, 7) is 13.7. The zero-order chi connectivity index (χ0) is 26.1. The Morgan fingerprint density at radius 2 is 1.66 bits per heavy atom. The van der Waals surface area contributed by atoms with Gasteiger partial charge in [-0.3, -0.25) is 14.4 Å². The lowest BCUT2D eigenvalue weighted by molar-refractivity contribution is -0.136. The van der Waals surface area contributed by atoms with Gasteiger partial charge in [0.25, 0.3) is 5.91 Å². The number of anilines is 1. The van der Waals surface area contributed by atoms with E-state index in [9.17, 15) is 14.4 Å². The van der Waals surface area contributed by atoms with Crippen molar-refractivity contribution in [3.63, 3.8) is 0 Å². The maximum Gasteiger partial charge on any atom is 0.308 e. The summed E-state index contributed by atoms with van der Waals surface area (Å²) >= 11 is 0. The highest BCUT2D eigenvalue weighted by molar-refractivity contribution is 6.07. The number of carbonyl (C=O) groups excluding carboxylic acids is 2. The number of benzene rings is 2. The van der Waals surface area contributed by atoms with E-state index in [2.05, 4.69) is 5.32 Å². The molecule has 35 heavy (non-hydrogen) atoms. The summed E-state index contributed by atoms with van der Waals surface area (Å²) in [7, 11) is 0. The second-order valence-electron chi connectivity index (χ2n) is 10.8. The van der Waals surface area contributed by atoms with E-state index in [1.807, 2.05) is 47.6 Å². The molecule has 0 atom stereocenters. The smallest absolute Gasteiger partial charge is 0.308 e. The molecule has 7 heteroatoms. The Morgan fingerprint density at radius 1 is 1.03 bits per heavy atom. The predicted molar refractivity (Wildman–Crippen MR) is 135 cm³/mol. The fraction of sp³-hybridized carbons (Fsp3) is 0.393. The van der Waals surface area contributed by atoms with Crippen molar-refractivity contribution in [2.45, 2.75) is 65.7 Å². The molecule has 0 saturated heterocycles. The minimum atomic E-state index is -0.914. The Hall–Kier alpha value is -3.61. The van der Waals surface area contributed by atoms with Gasteiger partial charge in [0, 0.05) is 29.3 Å². The number of fused-ring (bicyclic) bond motifs is 1. The van der Waals surface area contributed by atoms with Crippen LogP contribution in [0, 0.1) is 0 Å². The van der Waals surface area contributed by atoms with E-state index < -0.39 is 17.4 Å². The first kappa shape index (κ1) is 26.0. The van der Waals surface area contributed by atoms with Crippen LogP contribution >= 0.6 is 0 Å². The highest BCUT2D eigenvalue weighted by Gasteiger charge is 2.34. The van der Waals surface area contributed by atoms with Gasteiger partial charge in [0.05, 0.1) is 12.0 Å². The summed E-state index contributed by atoms with van der Waals surface area (Å²) in [5, 5.41) is 11.8. The zero-order valence-electron chi connectivity index (χ0n) is 21.4. The van der Waals surface area contributed by atoms with E-state index in [0.29, 0.717) is 28.3 Å². The Kier molecular flexibility index (Phi) is 7.11. The minimum Gasteiger partial charge on any atom is -0.488 e. The molecule has 0 unspecified atom stereocenters. The van der Waals surface area contributed by atoms with Gasteiger partial charge in [-0.15, -0.1) is 0 Å². The number of rotatable bonds is 5. The third-order valence-electron chi connectivity index (χ3n) is 5.65. The normalized spacial score (nSPS) is 13.3. The van der Waals surface area contributed by atoms with E-state index in [-0.39, 0.29) is 24.3 Å². The number of nitrogens with one attached hydrogen (secondary N) is 1. The van der Waals surface area contributed by atoms with Crippen LogP contribution in [0.15, 0.2) is 35.9 Å². The van der Waals surface area contributed by atoms with Crippen molar-refractivity contribution in [1.82, 2.24) is 0 Å². The highest BCUT2D eigenvalue weighted by Crippen LogP contribution is 2.47. The Morgan fingerprint density at radius 3 is 2.17 bits per heavy atom. The minimum absolute atomic E-state index is 0.0825. The number of esters is 1. The number of hydrogen-bond acceptors (Lipinski definition) is 5. The second kappa shape index (κ2) is 9.56. The van der Waals surface area contributed by atoms with Crippen LogP contribution < -0.4 is 14.8 Å². The SMILES string of the molecule is CC(=O)Oc1c(C(C)(C)C)cc2c(c1C(C)(C)C)C=C(C(=O)Nc1ccc(CC(=O)O)cc1)CO2. The van der Waals surface area contributed by atoms with Crippen LogP contribution in [0.1, 0.15) is 70.7 Å². The summed E-state index contributed by atoms with van der Waals surface area (Å²) in [5.41, 5.74) is 3.29. The molecule has 2 aromatic rings. The quantitative estimate of drug-likeness (QED) is 0.449. The third kappa shape index (κ3) is 6.10. The van der Waals surface area contributed by atoms with E-state index in [4.69, 9.17) is 14.6 Å². The average Bonchev–Trinajstić information content (AvgIpc) is 2.71. The molecule has 7 nitrogen and oxygen atoms in total. The van der Waals surface area contributed by atoms with Crippen molar-refractivity contribution < 1.29 is 29.0 Å². The highest BCUT2D eigenvalue weighted by atomic mass is 16.5. The first-order chi connectivity index (χ1) is 16.2. The molecule has 186 valence electrons. The van der Waals surface area contributed by atoms with Crippen LogP contribution in [-0.4, -0.2) is 29.6 Å². The molecular weight excluding hydrogens is 446 g/mol. The Balaban J connectivity index is 2.04. The number of hydrogen-bond donors (Lipinski definition) is 2. The average molecular weight is 480 g/mol. The lowest BCUT2D eigenvalue weighted by Crippen LogP contribution is -2.26. The molecule has 0 spiro atoms. The number of carboxylic acid groups (broad SMARTS) is 1. The Bertz CT molecular complexity index is 1190. The lowest BCUT2D eigenvalue weighted by Gasteiger charge is -2.33. The van der Waals surface area contributed by atoms with Crippen molar-refractivity contribution in [3.8, 4) is 11.5 Å². The molecule has 1 heterocycles. The molecule has 2 aromatic carbocycles. The van der Waals surface area contributed by atoms with Gasteiger partial charge < -0.3 is 19.9 Å². The molecule has 1 amide bonds. The van der Waals surface area contributed by atoms with Crippen molar-refractivity contribution >= 4 is 29.6 Å². The number of carbonyl (C=O) groups is 3. The molecule has 1 aliphatic heterocycles. The fourth-order valence-corrected chi connectivity index (χ4v) is 4.06. The van der Waals surface area contributed by atoms with Gasteiger partial charge in [0.15, 0.2) is 0 Å². The number of aliphatic carboxylic acids is 1. The maximum atomic E-state index is 13.1. The lowest BCUT2D eigenvalue weighted by atomic mass is 9.76. The van der Waals surface area contributed by atoms with Crippen LogP contribution in [-0.2, 0) is 31.6 Å². The summed E-state index contributed by atoms with van der Waals surface area (Å²) in [5.74, 6) is -0.499. The molecule has 0 aliphatic carbocycles. The second-order valence-corrected chi connectivity index (χ2v) is 10.8. The van der Waals surface area contributed by atoms with Gasteiger partial charge >= 0.3 is 11.9 Å². The summed E-state index contributed by atoms with van der Waals surface area (Å²) < 4.78 is 11.8. The largest absolute Gasteiger partial charge is 0.488 e. The van der Waals surface area contributed by atoms with Crippen LogP contribution in [0.3, 0.4) is 0 Å². The maximum absolute atomic E-state index is 13.1. The number of amides is 1. The van der Waals surface area contributed by atoms with Crippen LogP contribution in [0.5, 0.6) is 11.5 Å². The monoisotopic (exact) mass is 479 g/mol. The van der Waals surface area contributed by atoms with E-state index in [1.165, 1.54) is 6.92 Å². The summed E-state index contributed by atoms with van der Waals surface area (Å²) in [6, 6.07) is 8.58. The molecule has 0 saturated carbocycles. The predicted octanol–water partition coefficient (Wildman–Crippen LogP) is 5.25. The molecule has 0 bridgehead atoms. The van der Waals surface area contributed by atoms with Gasteiger partial charge in [-0.25, -0.2) is 0 Å².